The van der Waals surface area contributed by atoms with Gasteiger partial charge in [-0.25, -0.2) is 10.1 Å². The Balaban J connectivity index is 1.86. The van der Waals surface area contributed by atoms with Gasteiger partial charge in [0.15, 0.2) is 0 Å². The monoisotopic (exact) mass is 447 g/mol. The van der Waals surface area contributed by atoms with Gasteiger partial charge in [-0.1, -0.05) is 6.07 Å². The zero-order chi connectivity index (χ0) is 23.6. The van der Waals surface area contributed by atoms with Crippen molar-refractivity contribution < 1.29 is 22.9 Å². The van der Waals surface area contributed by atoms with Crippen molar-refractivity contribution in [3.05, 3.63) is 91.4 Å². The average Bonchev–Trinajstić information content (AvgIpc) is 3.05. The molecule has 1 aromatic heterocycles. The van der Waals surface area contributed by atoms with Gasteiger partial charge in [-0.15, -0.1) is 0 Å². The number of alkyl halides is 3. The van der Waals surface area contributed by atoms with Gasteiger partial charge >= 0.3 is 6.18 Å². The van der Waals surface area contributed by atoms with Gasteiger partial charge in [-0.3, -0.25) is 24.8 Å². The smallest absolute Gasteiger partial charge is 0.295 e. The maximum atomic E-state index is 13.0. The topological polar surface area (TPSA) is 122 Å². The van der Waals surface area contributed by atoms with Crippen LogP contribution in [-0.2, 0) is 6.18 Å². The van der Waals surface area contributed by atoms with Gasteiger partial charge in [0.05, 0.1) is 27.4 Å². The molecule has 0 unspecified atom stereocenters. The minimum Gasteiger partial charge on any atom is -0.295 e. The van der Waals surface area contributed by atoms with Crippen molar-refractivity contribution in [1.82, 2.24) is 15.2 Å². The van der Waals surface area contributed by atoms with Crippen LogP contribution in [-0.4, -0.2) is 26.3 Å². The number of non-ortho nitro benzene ring substituents is 1. The minimum absolute atomic E-state index is 0.0121. The molecule has 12 heteroatoms. The number of aromatic amines is 1. The standard InChI is InChI=1S/C20H16F3N5O4/c1-11(24-25-18(29)13-6-8-15(9-7-13)28(31)32)17-12(2)26-27(19(17)30)16-5-3-4-14(10-16)20(21,22)23/h3-10,26H,1-2H3,(H,25,29)/b24-11-. The number of benzene rings is 2. The zero-order valence-corrected chi connectivity index (χ0v) is 16.7. The molecular weight excluding hydrogens is 431 g/mol. The summed E-state index contributed by atoms with van der Waals surface area (Å²) >= 11 is 0. The lowest BCUT2D eigenvalue weighted by molar-refractivity contribution is -0.384. The van der Waals surface area contributed by atoms with Crippen LogP contribution in [0.4, 0.5) is 18.9 Å². The molecular formula is C20H16F3N5O4. The zero-order valence-electron chi connectivity index (χ0n) is 16.7. The van der Waals surface area contributed by atoms with E-state index in [1.807, 2.05) is 0 Å². The molecule has 0 bridgehead atoms. The van der Waals surface area contributed by atoms with Gasteiger partial charge in [0.2, 0.25) is 0 Å². The number of amides is 1. The predicted molar refractivity (Wildman–Crippen MR) is 109 cm³/mol. The molecule has 0 atom stereocenters. The van der Waals surface area contributed by atoms with E-state index >= 15 is 0 Å². The summed E-state index contributed by atoms with van der Waals surface area (Å²) in [5.74, 6) is -0.661. The number of nitrogens with zero attached hydrogens (tertiary/aromatic N) is 3. The summed E-state index contributed by atoms with van der Waals surface area (Å²) in [4.78, 5) is 35.1. The quantitative estimate of drug-likeness (QED) is 0.353. The number of carbonyl (C=O) groups excluding carboxylic acids is 1. The van der Waals surface area contributed by atoms with Crippen molar-refractivity contribution in [3.8, 4) is 5.69 Å². The SMILES string of the molecule is C/C(=N/NC(=O)c1ccc([N+](=O)[O-])cc1)c1c(C)[nH]n(-c2cccc(C(F)(F)F)c2)c1=O. The second-order valence-corrected chi connectivity index (χ2v) is 6.74. The van der Waals surface area contributed by atoms with Crippen molar-refractivity contribution in [2.24, 2.45) is 5.10 Å². The number of hydrogen-bond donors (Lipinski definition) is 2. The summed E-state index contributed by atoms with van der Waals surface area (Å²) in [7, 11) is 0. The van der Waals surface area contributed by atoms with E-state index in [9.17, 15) is 32.9 Å². The van der Waals surface area contributed by atoms with E-state index in [-0.39, 0.29) is 28.2 Å². The molecule has 2 N–H and O–H groups in total. The van der Waals surface area contributed by atoms with E-state index in [0.717, 1.165) is 28.9 Å². The third kappa shape index (κ3) is 4.58. The van der Waals surface area contributed by atoms with E-state index in [0.29, 0.717) is 5.69 Å². The van der Waals surface area contributed by atoms with Gasteiger partial charge in [-0.05, 0) is 44.2 Å². The highest BCUT2D eigenvalue weighted by atomic mass is 19.4. The van der Waals surface area contributed by atoms with Gasteiger partial charge < -0.3 is 0 Å². The fourth-order valence-corrected chi connectivity index (χ4v) is 2.97. The van der Waals surface area contributed by atoms with Gasteiger partial charge in [0.1, 0.15) is 0 Å². The Kier molecular flexibility index (Phi) is 5.96. The molecule has 0 aliphatic carbocycles. The first-order valence-electron chi connectivity index (χ1n) is 9.07. The fourth-order valence-electron chi connectivity index (χ4n) is 2.97. The molecule has 32 heavy (non-hydrogen) atoms. The molecule has 0 radical (unpaired) electrons. The Morgan fingerprint density at radius 1 is 1.19 bits per heavy atom. The Morgan fingerprint density at radius 2 is 1.84 bits per heavy atom. The van der Waals surface area contributed by atoms with Crippen LogP contribution in [0.25, 0.3) is 5.69 Å². The second kappa shape index (κ2) is 8.49. The molecule has 2 aromatic carbocycles. The Hall–Kier alpha value is -4.22. The summed E-state index contributed by atoms with van der Waals surface area (Å²) in [5.41, 5.74) is 1.13. The lowest BCUT2D eigenvalue weighted by Crippen LogP contribution is -2.23. The highest BCUT2D eigenvalue weighted by Gasteiger charge is 2.30. The van der Waals surface area contributed by atoms with E-state index in [4.69, 9.17) is 0 Å². The largest absolute Gasteiger partial charge is 0.416 e. The molecule has 3 rings (SSSR count). The fraction of sp³-hybridized carbons (Fsp3) is 0.150. The molecule has 1 amide bonds. The maximum Gasteiger partial charge on any atom is 0.416 e. The van der Waals surface area contributed by atoms with E-state index in [2.05, 4.69) is 15.6 Å². The highest BCUT2D eigenvalue weighted by molar-refractivity contribution is 6.01. The van der Waals surface area contributed by atoms with Crippen LogP contribution in [0.5, 0.6) is 0 Å². The molecule has 166 valence electrons. The van der Waals surface area contributed by atoms with Crippen molar-refractivity contribution >= 4 is 17.3 Å². The minimum atomic E-state index is -4.57. The lowest BCUT2D eigenvalue weighted by atomic mass is 10.1. The third-order valence-corrected chi connectivity index (χ3v) is 4.53. The number of nitro groups is 1. The first kappa shape index (κ1) is 22.5. The normalized spacial score (nSPS) is 12.0. The molecule has 0 saturated carbocycles. The molecule has 0 spiro atoms. The summed E-state index contributed by atoms with van der Waals surface area (Å²) in [6, 6.07) is 9.09. The summed E-state index contributed by atoms with van der Waals surface area (Å²) < 4.78 is 39.9. The van der Waals surface area contributed by atoms with Crippen LogP contribution in [0.3, 0.4) is 0 Å². The molecule has 0 aliphatic heterocycles. The Morgan fingerprint density at radius 3 is 2.44 bits per heavy atom. The van der Waals surface area contributed by atoms with E-state index in [1.165, 1.54) is 38.1 Å². The van der Waals surface area contributed by atoms with Crippen LogP contribution in [0.15, 0.2) is 58.4 Å². The van der Waals surface area contributed by atoms with Crippen molar-refractivity contribution in [3.63, 3.8) is 0 Å². The molecule has 0 fully saturated rings. The lowest BCUT2D eigenvalue weighted by Gasteiger charge is -2.08. The van der Waals surface area contributed by atoms with Crippen LogP contribution >= 0.6 is 0 Å². The number of rotatable bonds is 5. The number of hydrogen-bond acceptors (Lipinski definition) is 5. The van der Waals surface area contributed by atoms with Gasteiger partial charge in [0, 0.05) is 23.4 Å². The summed E-state index contributed by atoms with van der Waals surface area (Å²) in [6.07, 6.45) is -4.57. The number of halogens is 3. The molecule has 0 saturated heterocycles. The highest BCUT2D eigenvalue weighted by Crippen LogP contribution is 2.30. The molecule has 9 nitrogen and oxygen atoms in total. The average molecular weight is 447 g/mol. The predicted octanol–water partition coefficient (Wildman–Crippen LogP) is 3.56. The maximum absolute atomic E-state index is 13.0. The van der Waals surface area contributed by atoms with Crippen LogP contribution in [0.1, 0.15) is 34.1 Å². The number of nitro benzene ring substituents is 1. The number of carbonyl (C=O) groups is 1. The number of aryl methyl sites for hydroxylation is 1. The Labute approximate surface area is 178 Å². The van der Waals surface area contributed by atoms with Gasteiger partial charge in [-0.2, -0.15) is 18.3 Å². The van der Waals surface area contributed by atoms with E-state index < -0.39 is 28.1 Å². The number of hydrazone groups is 1. The number of aromatic nitrogens is 2. The second-order valence-electron chi connectivity index (χ2n) is 6.74. The Bertz CT molecular complexity index is 1270. The molecule has 1 heterocycles. The van der Waals surface area contributed by atoms with Crippen LogP contribution in [0.2, 0.25) is 0 Å². The number of nitrogens with one attached hydrogen (secondary N) is 2. The van der Waals surface area contributed by atoms with Crippen molar-refractivity contribution in [1.29, 1.82) is 0 Å². The molecule has 3 aromatic rings. The van der Waals surface area contributed by atoms with E-state index in [1.54, 1.807) is 0 Å². The summed E-state index contributed by atoms with van der Waals surface area (Å²) in [5, 5.41) is 17.3. The summed E-state index contributed by atoms with van der Waals surface area (Å²) in [6.45, 7) is 2.99. The third-order valence-electron chi connectivity index (χ3n) is 4.53. The van der Waals surface area contributed by atoms with Crippen LogP contribution in [0, 0.1) is 17.0 Å². The number of H-pyrrole nitrogens is 1. The molecule has 0 aliphatic rings. The van der Waals surface area contributed by atoms with Crippen molar-refractivity contribution in [2.75, 3.05) is 0 Å². The van der Waals surface area contributed by atoms with Crippen molar-refractivity contribution in [2.45, 2.75) is 20.0 Å². The van der Waals surface area contributed by atoms with Gasteiger partial charge in [0.25, 0.3) is 17.2 Å². The first-order chi connectivity index (χ1) is 15.0. The van der Waals surface area contributed by atoms with Crippen LogP contribution < -0.4 is 11.0 Å². The first-order valence-corrected chi connectivity index (χ1v) is 9.07.